The van der Waals surface area contributed by atoms with Crippen molar-refractivity contribution in [2.45, 2.75) is 21.3 Å². The van der Waals surface area contributed by atoms with Crippen LogP contribution in [0.15, 0.2) is 41.6 Å². The van der Waals surface area contributed by atoms with Gasteiger partial charge in [0, 0.05) is 28.8 Å². The molecule has 0 unspecified atom stereocenters. The largest absolute Gasteiger partial charge is 0.409 e. The minimum atomic E-state index is -0.510. The first kappa shape index (κ1) is 30.9. The Kier molecular flexibility index (Phi) is 15.6. The number of nitrogens with two attached hydrogens (primary N) is 2. The molecule has 6 N–H and O–H groups in total. The first-order valence-corrected chi connectivity index (χ1v) is 7.35. The standard InChI is InChI=1S/C8H9N3O3.C8H6N2O2.CH4.ClH.H3NO/c1-5-2-3-6(8(9)10-12)4-7(5)11(13)14;1-6-2-3-7(5-9)4-8(6)10(11)12;;;1-2/h2-4,12H,1H3,(H2,9,10);2-4H,1H3;1H4;1H;2H,1H2. The Balaban J connectivity index is -0.000000426. The highest BCUT2D eigenvalue weighted by molar-refractivity contribution is 5.97. The summed E-state index contributed by atoms with van der Waals surface area (Å²) >= 11 is 0. The lowest BCUT2D eigenvalue weighted by molar-refractivity contribution is -0.385. The molecule has 0 atom stereocenters. The van der Waals surface area contributed by atoms with Crippen LogP contribution in [0.4, 0.5) is 11.4 Å². The third-order valence-electron chi connectivity index (χ3n) is 3.34. The lowest BCUT2D eigenvalue weighted by Gasteiger charge is -2.00. The highest BCUT2D eigenvalue weighted by Crippen LogP contribution is 2.19. The van der Waals surface area contributed by atoms with Crippen LogP contribution in [0.3, 0.4) is 0 Å². The fraction of sp³-hybridized carbons (Fsp3) is 0.176. The van der Waals surface area contributed by atoms with E-state index in [0.29, 0.717) is 22.3 Å². The molecule has 0 bridgehead atoms. The van der Waals surface area contributed by atoms with Crippen LogP contribution in [0, 0.1) is 45.4 Å². The zero-order chi connectivity index (χ0) is 21.9. The fourth-order valence-electron chi connectivity index (χ4n) is 1.90. The molecule has 2 rings (SSSR count). The normalized spacial score (nSPS) is 9.10. The van der Waals surface area contributed by atoms with Gasteiger partial charge in [0.15, 0.2) is 5.84 Å². The second kappa shape index (κ2) is 15.2. The molecule has 0 aliphatic rings. The van der Waals surface area contributed by atoms with E-state index in [1.54, 1.807) is 38.1 Å². The number of nitro groups is 2. The minimum Gasteiger partial charge on any atom is -0.409 e. The van der Waals surface area contributed by atoms with Crippen LogP contribution < -0.4 is 11.6 Å². The summed E-state index contributed by atoms with van der Waals surface area (Å²) in [7, 11) is 0. The molecule has 2 aromatic rings. The summed E-state index contributed by atoms with van der Waals surface area (Å²) in [4.78, 5) is 19.9. The summed E-state index contributed by atoms with van der Waals surface area (Å²) in [6.07, 6.45) is 0. The van der Waals surface area contributed by atoms with Crippen molar-refractivity contribution in [2.75, 3.05) is 0 Å². The van der Waals surface area contributed by atoms with E-state index in [9.17, 15) is 20.2 Å². The van der Waals surface area contributed by atoms with Gasteiger partial charge < -0.3 is 16.1 Å². The number of benzene rings is 2. The Morgan fingerprint density at radius 3 is 1.87 bits per heavy atom. The average molecular weight is 443 g/mol. The van der Waals surface area contributed by atoms with E-state index in [2.05, 4.69) is 11.1 Å². The molecule has 13 heteroatoms. The van der Waals surface area contributed by atoms with Gasteiger partial charge in [0.25, 0.3) is 11.4 Å². The average Bonchev–Trinajstić information content (AvgIpc) is 2.69. The highest BCUT2D eigenvalue weighted by Gasteiger charge is 2.12. The van der Waals surface area contributed by atoms with Crippen molar-refractivity contribution in [1.82, 2.24) is 0 Å². The van der Waals surface area contributed by atoms with E-state index in [0.717, 1.165) is 0 Å². The number of hydrogen-bond acceptors (Lipinski definition) is 9. The summed E-state index contributed by atoms with van der Waals surface area (Å²) in [5.74, 6) is 3.35. The van der Waals surface area contributed by atoms with Crippen molar-refractivity contribution in [1.29, 1.82) is 5.26 Å². The van der Waals surface area contributed by atoms with E-state index in [-0.39, 0.29) is 37.0 Å². The maximum Gasteiger partial charge on any atom is 0.273 e. The minimum absolute atomic E-state index is 0. The van der Waals surface area contributed by atoms with Crippen LogP contribution in [-0.2, 0) is 0 Å². The second-order valence-corrected chi connectivity index (χ2v) is 5.11. The fourth-order valence-corrected chi connectivity index (χ4v) is 1.90. The molecule has 30 heavy (non-hydrogen) atoms. The van der Waals surface area contributed by atoms with Crippen molar-refractivity contribution < 1.29 is 20.3 Å². The highest BCUT2D eigenvalue weighted by atomic mass is 35.5. The monoisotopic (exact) mass is 442 g/mol. The van der Waals surface area contributed by atoms with Crippen molar-refractivity contribution in [3.05, 3.63) is 78.9 Å². The third-order valence-corrected chi connectivity index (χ3v) is 3.34. The van der Waals surface area contributed by atoms with Crippen LogP contribution in [0.5, 0.6) is 0 Å². The van der Waals surface area contributed by atoms with Gasteiger partial charge in [-0.25, -0.2) is 5.90 Å². The number of amidine groups is 1. The van der Waals surface area contributed by atoms with Crippen LogP contribution >= 0.6 is 12.4 Å². The Morgan fingerprint density at radius 1 is 1.03 bits per heavy atom. The van der Waals surface area contributed by atoms with E-state index in [1.165, 1.54) is 12.1 Å². The number of nitriles is 1. The third kappa shape index (κ3) is 8.93. The predicted molar refractivity (Wildman–Crippen MR) is 113 cm³/mol. The van der Waals surface area contributed by atoms with E-state index in [4.69, 9.17) is 21.4 Å². The van der Waals surface area contributed by atoms with Gasteiger partial charge in [0.05, 0.1) is 21.5 Å². The summed E-state index contributed by atoms with van der Waals surface area (Å²) in [5.41, 5.74) is 6.97. The van der Waals surface area contributed by atoms with Crippen molar-refractivity contribution in [3.8, 4) is 6.07 Å². The quantitative estimate of drug-likeness (QED) is 0.180. The molecule has 0 aliphatic carbocycles. The number of rotatable bonds is 3. The number of aryl methyl sites for hydroxylation is 2. The molecular weight excluding hydrogens is 420 g/mol. The molecule has 0 aromatic heterocycles. The van der Waals surface area contributed by atoms with E-state index in [1.807, 2.05) is 6.07 Å². The molecule has 12 nitrogen and oxygen atoms in total. The maximum atomic E-state index is 10.5. The van der Waals surface area contributed by atoms with Gasteiger partial charge in [-0.2, -0.15) is 5.26 Å². The zero-order valence-corrected chi connectivity index (χ0v) is 16.2. The smallest absolute Gasteiger partial charge is 0.273 e. The first-order valence-electron chi connectivity index (χ1n) is 7.35. The molecule has 0 spiro atoms. The number of oxime groups is 1. The topological polar surface area (TPSA) is 215 Å². The van der Waals surface area contributed by atoms with Gasteiger partial charge in [-0.05, 0) is 19.9 Å². The lowest BCUT2D eigenvalue weighted by atomic mass is 10.1. The molecule has 0 saturated heterocycles. The molecule has 0 fully saturated rings. The molecule has 2 aromatic carbocycles. The zero-order valence-electron chi connectivity index (χ0n) is 15.3. The SMILES string of the molecule is C.Cc1ccc(/C(N)=N/O)cc1[N+](=O)[O-].Cc1ccc(C#N)cc1[N+](=O)[O-].Cl.NO. The summed E-state index contributed by atoms with van der Waals surface area (Å²) in [6.45, 7) is 3.26. The number of halogens is 1. The maximum absolute atomic E-state index is 10.5. The van der Waals surface area contributed by atoms with Crippen LogP contribution in [0.1, 0.15) is 29.7 Å². The van der Waals surface area contributed by atoms with Crippen molar-refractivity contribution in [2.24, 2.45) is 16.8 Å². The lowest BCUT2D eigenvalue weighted by Crippen LogP contribution is -2.13. The molecule has 0 radical (unpaired) electrons. The number of nitro benzene ring substituents is 2. The Morgan fingerprint density at radius 2 is 1.47 bits per heavy atom. The van der Waals surface area contributed by atoms with E-state index < -0.39 is 9.85 Å². The van der Waals surface area contributed by atoms with Crippen molar-refractivity contribution in [3.63, 3.8) is 0 Å². The number of nitrogens with zero attached hydrogens (tertiary/aromatic N) is 4. The first-order chi connectivity index (χ1) is 13.2. The molecular formula is C17H23ClN6O6. The summed E-state index contributed by atoms with van der Waals surface area (Å²) in [6, 6.07) is 10.6. The molecule has 164 valence electrons. The van der Waals surface area contributed by atoms with Crippen LogP contribution in [0.2, 0.25) is 0 Å². The van der Waals surface area contributed by atoms with Gasteiger partial charge in [0.1, 0.15) is 0 Å². The Hall–Kier alpha value is -3.79. The molecule has 0 amide bonds. The predicted octanol–water partition coefficient (Wildman–Crippen LogP) is 3.16. The van der Waals surface area contributed by atoms with Gasteiger partial charge in [-0.1, -0.05) is 30.8 Å². The molecule has 0 heterocycles. The number of hydrogen-bond donors (Lipinski definition) is 4. The second-order valence-electron chi connectivity index (χ2n) is 5.11. The van der Waals surface area contributed by atoms with Crippen LogP contribution in [0.25, 0.3) is 0 Å². The summed E-state index contributed by atoms with van der Waals surface area (Å²) in [5, 5.41) is 47.0. The van der Waals surface area contributed by atoms with Crippen molar-refractivity contribution >= 4 is 29.6 Å². The summed E-state index contributed by atoms with van der Waals surface area (Å²) < 4.78 is 0. The van der Waals surface area contributed by atoms with Gasteiger partial charge in [-0.15, -0.1) is 12.4 Å². The van der Waals surface area contributed by atoms with Gasteiger partial charge in [-0.3, -0.25) is 20.2 Å². The van der Waals surface area contributed by atoms with Gasteiger partial charge in [0.2, 0.25) is 0 Å². The van der Waals surface area contributed by atoms with Crippen LogP contribution in [-0.4, -0.2) is 26.1 Å². The molecule has 0 aliphatic heterocycles. The van der Waals surface area contributed by atoms with Gasteiger partial charge >= 0.3 is 0 Å². The van der Waals surface area contributed by atoms with E-state index >= 15 is 0 Å². The Labute approximate surface area is 178 Å². The Bertz CT molecular complexity index is 929. The molecule has 0 saturated carbocycles.